The molecule has 0 saturated heterocycles. The Morgan fingerprint density at radius 3 is 2.62 bits per heavy atom. The second-order valence-corrected chi connectivity index (χ2v) is 4.38. The quantitative estimate of drug-likeness (QED) is 0.589. The van der Waals surface area contributed by atoms with E-state index in [1.165, 1.54) is 0 Å². The first-order valence-corrected chi connectivity index (χ1v) is 6.26. The average Bonchev–Trinajstić information content (AvgIpc) is 1.81. The average molecular weight is 166 g/mol. The fraction of sp³-hybridized carbons (Fsp3) is 0.600. The summed E-state index contributed by atoms with van der Waals surface area (Å²) in [6, 6.07) is 0. The molecule has 0 aromatic carbocycles. The van der Waals surface area contributed by atoms with Gasteiger partial charge in [-0.3, -0.25) is 0 Å². The Balaban J connectivity index is 2.83. The van der Waals surface area contributed by atoms with Crippen LogP contribution in [-0.2, 0) is 0 Å². The summed E-state index contributed by atoms with van der Waals surface area (Å²) >= 11 is 1.84. The molecule has 0 aliphatic rings. The lowest BCUT2D eigenvalue weighted by molar-refractivity contribution is 1.81. The van der Waals surface area contributed by atoms with E-state index in [2.05, 4.69) is 24.0 Å². The minimum atomic E-state index is 1.13. The Kier molecular flexibility index (Phi) is 8.56. The van der Waals surface area contributed by atoms with Gasteiger partial charge in [0, 0.05) is 5.75 Å². The molecule has 0 saturated carbocycles. The molecule has 0 N–H and O–H groups in total. The second kappa shape index (κ2) is 7.79. The van der Waals surface area contributed by atoms with E-state index in [-0.39, 0.29) is 0 Å². The molecular formula is C5H10S3. The van der Waals surface area contributed by atoms with Gasteiger partial charge in [-0.05, 0) is 17.9 Å². The minimum absolute atomic E-state index is 1.13. The molecule has 0 unspecified atom stereocenters. The van der Waals surface area contributed by atoms with Crippen LogP contribution in [-0.4, -0.2) is 18.3 Å². The van der Waals surface area contributed by atoms with Crippen molar-refractivity contribution in [3.8, 4) is 0 Å². The maximum Gasteiger partial charge on any atom is 0.0118 e. The van der Waals surface area contributed by atoms with Gasteiger partial charge in [0.25, 0.3) is 0 Å². The summed E-state index contributed by atoms with van der Waals surface area (Å²) in [5, 5.41) is 2.13. The van der Waals surface area contributed by atoms with Crippen LogP contribution in [0.2, 0.25) is 0 Å². The standard InChI is InChI=1S/C5H10S3/c1-6-4-3-5-8-7-2/h3,5H,4H2,1-2H3. The smallest absolute Gasteiger partial charge is 0.0118 e. The molecule has 0 spiro atoms. The molecule has 0 atom stereocenters. The van der Waals surface area contributed by atoms with Gasteiger partial charge in [-0.2, -0.15) is 11.8 Å². The van der Waals surface area contributed by atoms with E-state index in [1.54, 1.807) is 21.6 Å². The van der Waals surface area contributed by atoms with E-state index in [0.29, 0.717) is 0 Å². The molecule has 0 nitrogen and oxygen atoms in total. The van der Waals surface area contributed by atoms with Crippen molar-refractivity contribution in [2.24, 2.45) is 0 Å². The summed E-state index contributed by atoms with van der Waals surface area (Å²) in [4.78, 5) is 0. The van der Waals surface area contributed by atoms with Crippen molar-refractivity contribution in [2.45, 2.75) is 0 Å². The lowest BCUT2D eigenvalue weighted by Gasteiger charge is -1.83. The van der Waals surface area contributed by atoms with Crippen molar-refractivity contribution in [3.63, 3.8) is 0 Å². The first-order valence-electron chi connectivity index (χ1n) is 2.25. The lowest BCUT2D eigenvalue weighted by atomic mass is 10.8. The Hall–Kier alpha value is 0.790. The first kappa shape index (κ1) is 8.79. The number of thioether (sulfide) groups is 1. The van der Waals surface area contributed by atoms with Crippen LogP contribution in [0, 0.1) is 0 Å². The Labute approximate surface area is 63.3 Å². The van der Waals surface area contributed by atoms with E-state index in [9.17, 15) is 0 Å². The van der Waals surface area contributed by atoms with E-state index < -0.39 is 0 Å². The second-order valence-electron chi connectivity index (χ2n) is 1.09. The maximum absolute atomic E-state index is 2.17. The molecule has 0 heterocycles. The van der Waals surface area contributed by atoms with Gasteiger partial charge >= 0.3 is 0 Å². The fourth-order valence-electron chi connectivity index (χ4n) is 0.230. The molecule has 3 heteroatoms. The summed E-state index contributed by atoms with van der Waals surface area (Å²) in [6.45, 7) is 0. The van der Waals surface area contributed by atoms with Crippen molar-refractivity contribution in [1.29, 1.82) is 0 Å². The SMILES string of the molecule is CSCC=CSSC. The summed E-state index contributed by atoms with van der Waals surface area (Å²) in [5.74, 6) is 1.13. The van der Waals surface area contributed by atoms with Gasteiger partial charge in [0.05, 0.1) is 0 Å². The summed E-state index contributed by atoms with van der Waals surface area (Å²) < 4.78 is 0. The van der Waals surface area contributed by atoms with Gasteiger partial charge in [0.1, 0.15) is 0 Å². The molecule has 0 amide bonds. The molecule has 48 valence electrons. The molecule has 0 radical (unpaired) electrons. The predicted molar refractivity (Wildman–Crippen MR) is 48.6 cm³/mol. The highest BCUT2D eigenvalue weighted by atomic mass is 33.1. The van der Waals surface area contributed by atoms with E-state index in [4.69, 9.17) is 0 Å². The molecule has 8 heavy (non-hydrogen) atoms. The normalized spacial score (nSPS) is 10.8. The van der Waals surface area contributed by atoms with Crippen LogP contribution >= 0.6 is 33.3 Å². The largest absolute Gasteiger partial charge is 0.161 e. The van der Waals surface area contributed by atoms with Crippen LogP contribution in [0.15, 0.2) is 11.5 Å². The number of rotatable bonds is 4. The van der Waals surface area contributed by atoms with Crippen molar-refractivity contribution < 1.29 is 0 Å². The number of hydrogen-bond donors (Lipinski definition) is 0. The van der Waals surface area contributed by atoms with E-state index in [1.807, 2.05) is 11.8 Å². The zero-order valence-corrected chi connectivity index (χ0v) is 7.54. The van der Waals surface area contributed by atoms with Gasteiger partial charge in [0.15, 0.2) is 0 Å². The van der Waals surface area contributed by atoms with Crippen LogP contribution in [0.3, 0.4) is 0 Å². The van der Waals surface area contributed by atoms with Crippen molar-refractivity contribution in [1.82, 2.24) is 0 Å². The lowest BCUT2D eigenvalue weighted by Crippen LogP contribution is -1.61. The predicted octanol–water partition coefficient (Wildman–Crippen LogP) is 2.87. The van der Waals surface area contributed by atoms with Gasteiger partial charge in [-0.15, -0.1) is 0 Å². The zero-order chi connectivity index (χ0) is 6.24. The summed E-state index contributed by atoms with van der Waals surface area (Å²) in [6.07, 6.45) is 6.36. The highest BCUT2D eigenvalue weighted by Crippen LogP contribution is 2.17. The maximum atomic E-state index is 2.17. The van der Waals surface area contributed by atoms with E-state index in [0.717, 1.165) is 5.75 Å². The molecule has 0 rings (SSSR count). The number of hydrogen-bond acceptors (Lipinski definition) is 3. The molecule has 0 bridgehead atoms. The van der Waals surface area contributed by atoms with E-state index >= 15 is 0 Å². The third-order valence-corrected chi connectivity index (χ3v) is 2.44. The minimum Gasteiger partial charge on any atom is -0.161 e. The topological polar surface area (TPSA) is 0 Å². The molecule has 0 aliphatic heterocycles. The third kappa shape index (κ3) is 6.79. The van der Waals surface area contributed by atoms with Crippen LogP contribution < -0.4 is 0 Å². The monoisotopic (exact) mass is 166 g/mol. The summed E-state index contributed by atoms with van der Waals surface area (Å²) in [7, 11) is 3.54. The van der Waals surface area contributed by atoms with Gasteiger partial charge < -0.3 is 0 Å². The third-order valence-electron chi connectivity index (χ3n) is 0.511. The van der Waals surface area contributed by atoms with Gasteiger partial charge in [-0.1, -0.05) is 27.7 Å². The summed E-state index contributed by atoms with van der Waals surface area (Å²) in [5.41, 5.74) is 0. The van der Waals surface area contributed by atoms with Crippen molar-refractivity contribution in [2.75, 3.05) is 18.3 Å². The van der Waals surface area contributed by atoms with Crippen LogP contribution in [0.25, 0.3) is 0 Å². The van der Waals surface area contributed by atoms with Gasteiger partial charge in [-0.25, -0.2) is 0 Å². The van der Waals surface area contributed by atoms with Crippen LogP contribution in [0.5, 0.6) is 0 Å². The molecular weight excluding hydrogens is 156 g/mol. The molecule has 0 aromatic heterocycles. The zero-order valence-electron chi connectivity index (χ0n) is 5.09. The van der Waals surface area contributed by atoms with Crippen molar-refractivity contribution in [3.05, 3.63) is 11.5 Å². The highest BCUT2D eigenvalue weighted by Gasteiger charge is 1.72. The van der Waals surface area contributed by atoms with Gasteiger partial charge in [0.2, 0.25) is 0 Å². The Morgan fingerprint density at radius 2 is 2.12 bits per heavy atom. The van der Waals surface area contributed by atoms with Crippen LogP contribution in [0.1, 0.15) is 0 Å². The Bertz CT molecular complexity index is 52.7. The molecule has 0 aliphatic carbocycles. The van der Waals surface area contributed by atoms with Crippen molar-refractivity contribution >= 4 is 33.3 Å². The fourth-order valence-corrected chi connectivity index (χ4v) is 1.50. The molecule has 0 fully saturated rings. The molecule has 0 aromatic rings. The Morgan fingerprint density at radius 1 is 1.38 bits per heavy atom. The highest BCUT2D eigenvalue weighted by molar-refractivity contribution is 8.77. The van der Waals surface area contributed by atoms with Crippen LogP contribution in [0.4, 0.5) is 0 Å². The first-order chi connectivity index (χ1) is 3.91.